The van der Waals surface area contributed by atoms with Crippen molar-refractivity contribution in [3.05, 3.63) is 0 Å². The fraction of sp³-hybridized carbons (Fsp3) is 0.846. The highest BCUT2D eigenvalue weighted by Gasteiger charge is 2.67. The molecule has 3 saturated carbocycles. The number of nitrogens with one attached hydrogen (secondary N) is 1. The first kappa shape index (κ1) is 11.1. The molecule has 4 heteroatoms. The van der Waals surface area contributed by atoms with Crippen molar-refractivity contribution in [2.75, 3.05) is 13.7 Å². The number of amides is 1. The molecule has 0 radical (unpaired) electrons. The van der Waals surface area contributed by atoms with E-state index in [2.05, 4.69) is 10.1 Å². The molecule has 0 aromatic heterocycles. The summed E-state index contributed by atoms with van der Waals surface area (Å²) in [7, 11) is 1.37. The summed E-state index contributed by atoms with van der Waals surface area (Å²) in [6, 6.07) is 0. The van der Waals surface area contributed by atoms with Crippen LogP contribution in [0.15, 0.2) is 0 Å². The molecule has 1 N–H and O–H groups in total. The number of ether oxygens (including phenoxy) is 1. The number of carbonyl (C=O) groups is 2. The van der Waals surface area contributed by atoms with E-state index in [1.165, 1.54) is 26.4 Å². The van der Waals surface area contributed by atoms with Crippen LogP contribution in [0.2, 0.25) is 0 Å². The predicted octanol–water partition coefficient (Wildman–Crippen LogP) is 0.958. The Kier molecular flexibility index (Phi) is 2.60. The topological polar surface area (TPSA) is 55.4 Å². The van der Waals surface area contributed by atoms with Gasteiger partial charge in [-0.15, -0.1) is 0 Å². The molecule has 0 saturated heterocycles. The molecule has 0 aliphatic heterocycles. The van der Waals surface area contributed by atoms with Crippen LogP contribution in [0, 0.1) is 29.6 Å². The SMILES string of the molecule is COC(=O)CCNC(=O)C1C2C3CCC(C3)C12. The summed E-state index contributed by atoms with van der Waals surface area (Å²) in [6.07, 6.45) is 4.30. The molecule has 3 fully saturated rings. The van der Waals surface area contributed by atoms with Crippen LogP contribution in [0.4, 0.5) is 0 Å². The minimum atomic E-state index is -0.263. The Morgan fingerprint density at radius 2 is 1.88 bits per heavy atom. The van der Waals surface area contributed by atoms with Crippen LogP contribution in [-0.2, 0) is 14.3 Å². The Hall–Kier alpha value is -1.06. The summed E-state index contributed by atoms with van der Waals surface area (Å²) in [4.78, 5) is 22.9. The molecule has 4 unspecified atom stereocenters. The van der Waals surface area contributed by atoms with E-state index >= 15 is 0 Å². The number of methoxy groups -OCH3 is 1. The third-order valence-electron chi connectivity index (χ3n) is 4.89. The van der Waals surface area contributed by atoms with Gasteiger partial charge in [0, 0.05) is 12.5 Å². The van der Waals surface area contributed by atoms with Crippen LogP contribution in [0.5, 0.6) is 0 Å². The third kappa shape index (κ3) is 1.74. The van der Waals surface area contributed by atoms with Crippen LogP contribution in [0.3, 0.4) is 0 Å². The molecule has 3 aliphatic rings. The molecule has 94 valence electrons. The minimum absolute atomic E-state index is 0.167. The zero-order chi connectivity index (χ0) is 12.0. The lowest BCUT2D eigenvalue weighted by molar-refractivity contribution is -0.140. The van der Waals surface area contributed by atoms with E-state index in [4.69, 9.17) is 0 Å². The van der Waals surface area contributed by atoms with Gasteiger partial charge < -0.3 is 10.1 Å². The molecule has 3 aliphatic carbocycles. The minimum Gasteiger partial charge on any atom is -0.469 e. The van der Waals surface area contributed by atoms with Crippen molar-refractivity contribution in [1.29, 1.82) is 0 Å². The van der Waals surface area contributed by atoms with Crippen molar-refractivity contribution in [2.24, 2.45) is 29.6 Å². The highest BCUT2D eigenvalue weighted by Crippen LogP contribution is 2.69. The van der Waals surface area contributed by atoms with Gasteiger partial charge in [-0.3, -0.25) is 9.59 Å². The molecular formula is C13H19NO3. The Bertz CT molecular complexity index is 339. The highest BCUT2D eigenvalue weighted by molar-refractivity contribution is 5.83. The molecule has 3 rings (SSSR count). The van der Waals surface area contributed by atoms with Gasteiger partial charge in [-0.25, -0.2) is 0 Å². The van der Waals surface area contributed by atoms with E-state index in [9.17, 15) is 9.59 Å². The molecule has 4 nitrogen and oxygen atoms in total. The fourth-order valence-corrected chi connectivity index (χ4v) is 4.18. The zero-order valence-electron chi connectivity index (χ0n) is 10.1. The van der Waals surface area contributed by atoms with Gasteiger partial charge in [0.2, 0.25) is 5.91 Å². The highest BCUT2D eigenvalue weighted by atomic mass is 16.5. The summed E-state index contributed by atoms with van der Waals surface area (Å²) in [5.41, 5.74) is 0. The number of esters is 1. The number of hydrogen-bond acceptors (Lipinski definition) is 3. The maximum Gasteiger partial charge on any atom is 0.307 e. The van der Waals surface area contributed by atoms with Gasteiger partial charge in [-0.1, -0.05) is 0 Å². The fourth-order valence-electron chi connectivity index (χ4n) is 4.18. The summed E-state index contributed by atoms with van der Waals surface area (Å²) in [5.74, 6) is 3.15. The molecule has 0 heterocycles. The van der Waals surface area contributed by atoms with E-state index in [1.807, 2.05) is 0 Å². The summed E-state index contributed by atoms with van der Waals surface area (Å²) >= 11 is 0. The second-order valence-corrected chi connectivity index (χ2v) is 5.63. The van der Waals surface area contributed by atoms with Crippen LogP contribution in [0.1, 0.15) is 25.7 Å². The molecule has 17 heavy (non-hydrogen) atoms. The molecule has 2 bridgehead atoms. The van der Waals surface area contributed by atoms with Crippen LogP contribution in [-0.4, -0.2) is 25.5 Å². The van der Waals surface area contributed by atoms with Crippen molar-refractivity contribution in [3.8, 4) is 0 Å². The maximum atomic E-state index is 11.9. The summed E-state index contributed by atoms with van der Waals surface area (Å²) in [5, 5.41) is 2.87. The Labute approximate surface area is 101 Å². The number of hydrogen-bond donors (Lipinski definition) is 1. The normalized spacial score (nSPS) is 40.9. The van der Waals surface area contributed by atoms with Gasteiger partial charge >= 0.3 is 5.97 Å². The van der Waals surface area contributed by atoms with Crippen molar-refractivity contribution in [2.45, 2.75) is 25.7 Å². The first-order valence-electron chi connectivity index (χ1n) is 6.57. The van der Waals surface area contributed by atoms with Gasteiger partial charge in [0.05, 0.1) is 13.5 Å². The predicted molar refractivity (Wildman–Crippen MR) is 60.9 cm³/mol. The van der Waals surface area contributed by atoms with Crippen molar-refractivity contribution >= 4 is 11.9 Å². The van der Waals surface area contributed by atoms with Gasteiger partial charge in [0.15, 0.2) is 0 Å². The lowest BCUT2D eigenvalue weighted by Crippen LogP contribution is -2.29. The van der Waals surface area contributed by atoms with Gasteiger partial charge in [-0.05, 0) is 42.9 Å². The Balaban J connectivity index is 1.45. The van der Waals surface area contributed by atoms with Crippen LogP contribution >= 0.6 is 0 Å². The number of fused-ring (bicyclic) bond motifs is 5. The Morgan fingerprint density at radius 3 is 2.47 bits per heavy atom. The summed E-state index contributed by atoms with van der Waals surface area (Å²) in [6.45, 7) is 0.413. The molecule has 0 aromatic rings. The number of carbonyl (C=O) groups excluding carboxylic acids is 2. The van der Waals surface area contributed by atoms with Crippen molar-refractivity contribution < 1.29 is 14.3 Å². The molecule has 0 aromatic carbocycles. The van der Waals surface area contributed by atoms with Crippen molar-refractivity contribution in [1.82, 2.24) is 5.32 Å². The average Bonchev–Trinajstić information content (AvgIpc) is 2.78. The van der Waals surface area contributed by atoms with Crippen LogP contribution in [0.25, 0.3) is 0 Å². The van der Waals surface area contributed by atoms with E-state index in [1.54, 1.807) is 0 Å². The monoisotopic (exact) mass is 237 g/mol. The van der Waals surface area contributed by atoms with Crippen LogP contribution < -0.4 is 5.32 Å². The van der Waals surface area contributed by atoms with E-state index in [0.29, 0.717) is 18.4 Å². The first-order valence-corrected chi connectivity index (χ1v) is 6.57. The van der Waals surface area contributed by atoms with Gasteiger partial charge in [0.1, 0.15) is 0 Å². The first-order chi connectivity index (χ1) is 8.22. The summed E-state index contributed by atoms with van der Waals surface area (Å²) < 4.78 is 4.54. The average molecular weight is 237 g/mol. The third-order valence-corrected chi connectivity index (χ3v) is 4.89. The largest absolute Gasteiger partial charge is 0.469 e. The molecular weight excluding hydrogens is 218 g/mol. The second-order valence-electron chi connectivity index (χ2n) is 5.63. The second kappa shape index (κ2) is 4.00. The van der Waals surface area contributed by atoms with Gasteiger partial charge in [-0.2, -0.15) is 0 Å². The lowest BCUT2D eigenvalue weighted by atomic mass is 10.0. The quantitative estimate of drug-likeness (QED) is 0.741. The molecule has 0 spiro atoms. The maximum absolute atomic E-state index is 11.9. The molecule has 4 atom stereocenters. The number of rotatable bonds is 4. The van der Waals surface area contributed by atoms with Crippen molar-refractivity contribution in [3.63, 3.8) is 0 Å². The van der Waals surface area contributed by atoms with E-state index < -0.39 is 0 Å². The Morgan fingerprint density at radius 1 is 1.24 bits per heavy atom. The standard InChI is InChI=1S/C13H19NO3/c1-17-9(15)4-5-14-13(16)12-10-7-2-3-8(6-7)11(10)12/h7-8,10-12H,2-6H2,1H3,(H,14,16). The smallest absolute Gasteiger partial charge is 0.307 e. The zero-order valence-corrected chi connectivity index (χ0v) is 10.1. The van der Waals surface area contributed by atoms with E-state index in [-0.39, 0.29) is 24.2 Å². The van der Waals surface area contributed by atoms with E-state index in [0.717, 1.165) is 11.8 Å². The lowest BCUT2D eigenvalue weighted by Gasteiger charge is -2.09. The molecule has 1 amide bonds. The van der Waals surface area contributed by atoms with Gasteiger partial charge in [0.25, 0.3) is 0 Å².